The normalized spacial score (nSPS) is 11.8. The molecule has 146 valence electrons. The summed E-state index contributed by atoms with van der Waals surface area (Å²) in [6, 6.07) is 1.96. The minimum atomic E-state index is -0.250. The van der Waals surface area contributed by atoms with Crippen LogP contribution in [0.15, 0.2) is 6.07 Å². The van der Waals surface area contributed by atoms with Gasteiger partial charge in [-0.2, -0.15) is 0 Å². The third-order valence-electron chi connectivity index (χ3n) is 3.33. The summed E-state index contributed by atoms with van der Waals surface area (Å²) in [6.45, 7) is 6.61. The number of esters is 1. The maximum atomic E-state index is 11.7. The van der Waals surface area contributed by atoms with Crippen molar-refractivity contribution >= 4 is 85.3 Å². The van der Waals surface area contributed by atoms with Crippen molar-refractivity contribution in [2.24, 2.45) is 5.92 Å². The van der Waals surface area contributed by atoms with Gasteiger partial charge in [-0.15, -0.1) is 0 Å². The van der Waals surface area contributed by atoms with Crippen LogP contribution in [-0.2, 0) is 19.1 Å². The quantitative estimate of drug-likeness (QED) is 0.222. The van der Waals surface area contributed by atoms with Crippen LogP contribution in [0.4, 0.5) is 5.69 Å². The fourth-order valence-electron chi connectivity index (χ4n) is 2.04. The van der Waals surface area contributed by atoms with E-state index < -0.39 is 0 Å². The van der Waals surface area contributed by atoms with Crippen LogP contribution < -0.4 is 10.1 Å². The molecular weight excluding hydrogens is 679 g/mol. The van der Waals surface area contributed by atoms with Crippen molar-refractivity contribution in [3.63, 3.8) is 0 Å². The summed E-state index contributed by atoms with van der Waals surface area (Å²) >= 11 is 6.57. The summed E-state index contributed by atoms with van der Waals surface area (Å²) in [5, 5.41) is 2.84. The summed E-state index contributed by atoms with van der Waals surface area (Å²) < 4.78 is 19.2. The van der Waals surface area contributed by atoms with E-state index in [0.717, 1.165) is 22.1 Å². The molecule has 1 amide bonds. The molecule has 1 rings (SSSR count). The number of hydrogen-bond donors (Lipinski definition) is 1. The van der Waals surface area contributed by atoms with E-state index in [1.54, 1.807) is 6.92 Å². The first-order chi connectivity index (χ1) is 12.3. The zero-order chi connectivity index (χ0) is 19.7. The molecule has 1 aromatic carbocycles. The Bertz CT molecular complexity index is 639. The van der Waals surface area contributed by atoms with Crippen molar-refractivity contribution in [3.05, 3.63) is 16.8 Å². The lowest BCUT2D eigenvalue weighted by Crippen LogP contribution is -2.23. The maximum absolute atomic E-state index is 11.7. The number of nitrogens with one attached hydrogen (secondary N) is 1. The van der Waals surface area contributed by atoms with E-state index in [4.69, 9.17) is 14.2 Å². The lowest BCUT2D eigenvalue weighted by molar-refractivity contribution is -0.150. The molecule has 0 bridgehead atoms. The van der Waals surface area contributed by atoms with Crippen molar-refractivity contribution in [3.8, 4) is 5.75 Å². The predicted octanol–water partition coefficient (Wildman–Crippen LogP) is 4.44. The number of ether oxygens (including phenoxy) is 3. The number of carbonyl (C=O) groups is 2. The molecule has 26 heavy (non-hydrogen) atoms. The van der Waals surface area contributed by atoms with Crippen molar-refractivity contribution in [1.29, 1.82) is 0 Å². The molecular formula is C17H22I3NO5. The van der Waals surface area contributed by atoms with Crippen LogP contribution in [0.25, 0.3) is 0 Å². The van der Waals surface area contributed by atoms with Crippen molar-refractivity contribution < 1.29 is 23.8 Å². The summed E-state index contributed by atoms with van der Waals surface area (Å²) in [4.78, 5) is 23.1. The Labute approximate surface area is 194 Å². The Kier molecular flexibility index (Phi) is 11.7. The van der Waals surface area contributed by atoms with E-state index in [0.29, 0.717) is 32.8 Å². The molecule has 9 heteroatoms. The van der Waals surface area contributed by atoms with E-state index in [1.165, 1.54) is 6.92 Å². The van der Waals surface area contributed by atoms with Crippen LogP contribution in [0.3, 0.4) is 0 Å². The minimum absolute atomic E-state index is 0.124. The van der Waals surface area contributed by atoms with Gasteiger partial charge in [0.1, 0.15) is 12.4 Å². The fraction of sp³-hybridized carbons (Fsp3) is 0.529. The van der Waals surface area contributed by atoms with Crippen LogP contribution in [-0.4, -0.2) is 38.3 Å². The average molecular weight is 701 g/mol. The van der Waals surface area contributed by atoms with E-state index in [9.17, 15) is 9.59 Å². The lowest BCUT2D eigenvalue weighted by Gasteiger charge is -2.17. The van der Waals surface area contributed by atoms with Gasteiger partial charge in [0.2, 0.25) is 5.91 Å². The summed E-state index contributed by atoms with van der Waals surface area (Å²) in [5.41, 5.74) is 0.753. The molecule has 1 N–H and O–H groups in total. The second-order valence-electron chi connectivity index (χ2n) is 5.32. The van der Waals surface area contributed by atoms with Gasteiger partial charge >= 0.3 is 5.97 Å². The van der Waals surface area contributed by atoms with Crippen molar-refractivity contribution in [2.45, 2.75) is 27.2 Å². The molecule has 0 saturated heterocycles. The van der Waals surface area contributed by atoms with Crippen molar-refractivity contribution in [2.75, 3.05) is 31.7 Å². The Hall–Kier alpha value is 0.110. The van der Waals surface area contributed by atoms with Crippen LogP contribution in [0.2, 0.25) is 0 Å². The highest BCUT2D eigenvalue weighted by Crippen LogP contribution is 2.36. The fourth-order valence-corrected chi connectivity index (χ4v) is 5.99. The predicted molar refractivity (Wildman–Crippen MR) is 126 cm³/mol. The largest absolute Gasteiger partial charge is 0.489 e. The molecule has 1 atom stereocenters. The molecule has 0 aliphatic rings. The molecule has 0 heterocycles. The van der Waals surface area contributed by atoms with Gasteiger partial charge in [0, 0.05) is 10.5 Å². The van der Waals surface area contributed by atoms with E-state index in [-0.39, 0.29) is 17.8 Å². The molecule has 6 nitrogen and oxygen atoms in total. The van der Waals surface area contributed by atoms with E-state index in [2.05, 4.69) is 73.1 Å². The van der Waals surface area contributed by atoms with Crippen molar-refractivity contribution in [1.82, 2.24) is 0 Å². The monoisotopic (exact) mass is 701 g/mol. The molecule has 1 aromatic rings. The maximum Gasteiger partial charge on any atom is 0.311 e. The second kappa shape index (κ2) is 12.5. The Morgan fingerprint density at radius 2 is 1.85 bits per heavy atom. The number of carbonyl (C=O) groups excluding carboxylic acids is 2. The van der Waals surface area contributed by atoms with Crippen LogP contribution >= 0.6 is 67.8 Å². The van der Waals surface area contributed by atoms with Crippen LogP contribution in [0.1, 0.15) is 27.2 Å². The van der Waals surface area contributed by atoms with Gasteiger partial charge in [0.25, 0.3) is 0 Å². The van der Waals surface area contributed by atoms with Gasteiger partial charge in [0.15, 0.2) is 0 Å². The standard InChI is InChI=1S/C17H22I3NO5/c1-4-11(17(23)25-5-2)9-24-6-7-26-16-13(19)8-12(18)15(14(16)20)21-10(3)22/h8,11H,4-7,9H2,1-3H3,(H,21,22). The van der Waals surface area contributed by atoms with Gasteiger partial charge in [0.05, 0.1) is 38.6 Å². The summed E-state index contributed by atoms with van der Waals surface area (Å²) in [5.74, 6) is 0.120. The lowest BCUT2D eigenvalue weighted by atomic mass is 10.1. The topological polar surface area (TPSA) is 73.9 Å². The molecule has 1 unspecified atom stereocenters. The first-order valence-electron chi connectivity index (χ1n) is 8.13. The Morgan fingerprint density at radius 3 is 2.42 bits per heavy atom. The first kappa shape index (κ1) is 24.1. The molecule has 0 aliphatic carbocycles. The summed E-state index contributed by atoms with van der Waals surface area (Å²) in [6.07, 6.45) is 0.673. The van der Waals surface area contributed by atoms with E-state index in [1.807, 2.05) is 13.0 Å². The molecule has 0 radical (unpaired) electrons. The van der Waals surface area contributed by atoms with Gasteiger partial charge in [-0.25, -0.2) is 0 Å². The zero-order valence-electron chi connectivity index (χ0n) is 14.9. The molecule has 0 aliphatic heterocycles. The number of amides is 1. The number of hydrogen-bond acceptors (Lipinski definition) is 5. The smallest absolute Gasteiger partial charge is 0.311 e. The van der Waals surface area contributed by atoms with Crippen LogP contribution in [0.5, 0.6) is 5.75 Å². The Morgan fingerprint density at radius 1 is 1.15 bits per heavy atom. The average Bonchev–Trinajstić information content (AvgIpc) is 2.57. The Balaban J connectivity index is 2.60. The number of anilines is 1. The van der Waals surface area contributed by atoms with Gasteiger partial charge in [-0.1, -0.05) is 6.92 Å². The number of rotatable bonds is 10. The molecule has 0 fully saturated rings. The number of benzene rings is 1. The molecule has 0 saturated carbocycles. The molecule has 0 aromatic heterocycles. The second-order valence-corrected chi connectivity index (χ2v) is 8.72. The first-order valence-corrected chi connectivity index (χ1v) is 11.4. The third-order valence-corrected chi connectivity index (χ3v) is 6.02. The summed E-state index contributed by atoms with van der Waals surface area (Å²) in [7, 11) is 0. The number of halogens is 3. The van der Waals surface area contributed by atoms with Gasteiger partial charge in [-0.05, 0) is 87.2 Å². The van der Waals surface area contributed by atoms with Gasteiger partial charge < -0.3 is 19.5 Å². The zero-order valence-corrected chi connectivity index (χ0v) is 21.3. The highest BCUT2D eigenvalue weighted by atomic mass is 127. The van der Waals surface area contributed by atoms with E-state index >= 15 is 0 Å². The SMILES string of the molecule is CCOC(=O)C(CC)COCCOc1c(I)cc(I)c(NC(C)=O)c1I. The minimum Gasteiger partial charge on any atom is -0.489 e. The molecule has 0 spiro atoms. The van der Waals surface area contributed by atoms with Crippen LogP contribution in [0, 0.1) is 16.6 Å². The highest BCUT2D eigenvalue weighted by molar-refractivity contribution is 14.1. The highest BCUT2D eigenvalue weighted by Gasteiger charge is 2.18. The van der Waals surface area contributed by atoms with Gasteiger partial charge in [-0.3, -0.25) is 9.59 Å². The third kappa shape index (κ3) is 7.62.